The number of furan rings is 1. The van der Waals surface area contributed by atoms with Gasteiger partial charge in [-0.25, -0.2) is 9.97 Å². The molecule has 0 bridgehead atoms. The summed E-state index contributed by atoms with van der Waals surface area (Å²) >= 11 is 8.96. The molecule has 5 rings (SSSR count). The number of hydrogen-bond donors (Lipinski definition) is 2. The van der Waals surface area contributed by atoms with Crippen LogP contribution < -0.4 is 5.56 Å². The Labute approximate surface area is 172 Å². The zero-order valence-electron chi connectivity index (χ0n) is 14.5. The predicted octanol–water partition coefficient (Wildman–Crippen LogP) is 5.63. The Morgan fingerprint density at radius 1 is 1.25 bits per heavy atom. The SMILES string of the molecule is CC(Sc1nc2ccc(Cl)cc2[nH]1)c1nc2scc(-c3ccco3)c2c(=O)[nH]1. The third-order valence-corrected chi connectivity index (χ3v) is 6.45. The van der Waals surface area contributed by atoms with Gasteiger partial charge in [-0.15, -0.1) is 11.3 Å². The van der Waals surface area contributed by atoms with Gasteiger partial charge < -0.3 is 14.4 Å². The maximum atomic E-state index is 12.7. The zero-order valence-corrected chi connectivity index (χ0v) is 16.9. The van der Waals surface area contributed by atoms with Crippen molar-refractivity contribution in [1.82, 2.24) is 19.9 Å². The number of halogens is 1. The third-order valence-electron chi connectivity index (χ3n) is 4.34. The first-order chi connectivity index (χ1) is 13.6. The molecule has 0 aliphatic heterocycles. The maximum absolute atomic E-state index is 12.7. The number of nitrogens with one attached hydrogen (secondary N) is 2. The fourth-order valence-electron chi connectivity index (χ4n) is 3.01. The van der Waals surface area contributed by atoms with Gasteiger partial charge in [0.05, 0.1) is 27.9 Å². The van der Waals surface area contributed by atoms with Crippen LogP contribution in [0.5, 0.6) is 0 Å². The molecular formula is C19H13ClN4O2S2. The van der Waals surface area contributed by atoms with Crippen LogP contribution in [0.3, 0.4) is 0 Å². The molecule has 0 saturated carbocycles. The first-order valence-electron chi connectivity index (χ1n) is 8.46. The number of aromatic nitrogens is 4. The fourth-order valence-corrected chi connectivity index (χ4v) is 4.99. The number of fused-ring (bicyclic) bond motifs is 2. The van der Waals surface area contributed by atoms with Gasteiger partial charge in [0, 0.05) is 16.0 Å². The molecule has 6 nitrogen and oxygen atoms in total. The molecule has 5 aromatic rings. The van der Waals surface area contributed by atoms with Crippen molar-refractivity contribution in [2.75, 3.05) is 0 Å². The van der Waals surface area contributed by atoms with E-state index in [1.54, 1.807) is 12.3 Å². The molecule has 0 aliphatic rings. The van der Waals surface area contributed by atoms with Crippen molar-refractivity contribution < 1.29 is 4.42 Å². The van der Waals surface area contributed by atoms with Crippen molar-refractivity contribution in [2.45, 2.75) is 17.3 Å². The number of nitrogens with zero attached hydrogens (tertiary/aromatic N) is 2. The quantitative estimate of drug-likeness (QED) is 0.362. The molecule has 0 radical (unpaired) electrons. The Morgan fingerprint density at radius 3 is 2.96 bits per heavy atom. The Bertz CT molecular complexity index is 1350. The van der Waals surface area contributed by atoms with E-state index in [2.05, 4.69) is 19.9 Å². The Hall–Kier alpha value is -2.55. The number of aromatic amines is 2. The van der Waals surface area contributed by atoms with Gasteiger partial charge in [-0.1, -0.05) is 23.4 Å². The second kappa shape index (κ2) is 6.80. The molecule has 4 aromatic heterocycles. The maximum Gasteiger partial charge on any atom is 0.260 e. The fraction of sp³-hybridized carbons (Fsp3) is 0.105. The van der Waals surface area contributed by atoms with Crippen molar-refractivity contribution in [3.8, 4) is 11.3 Å². The highest BCUT2D eigenvalue weighted by Gasteiger charge is 2.18. The average Bonchev–Trinajstić information content (AvgIpc) is 3.39. The summed E-state index contributed by atoms with van der Waals surface area (Å²) in [6, 6.07) is 9.15. The van der Waals surface area contributed by atoms with Gasteiger partial charge in [0.1, 0.15) is 16.4 Å². The molecule has 2 N–H and O–H groups in total. The summed E-state index contributed by atoms with van der Waals surface area (Å²) in [5.41, 5.74) is 2.31. The van der Waals surface area contributed by atoms with E-state index >= 15 is 0 Å². The number of H-pyrrole nitrogens is 2. The number of thiophene rings is 1. The minimum atomic E-state index is -0.170. The molecule has 1 aromatic carbocycles. The summed E-state index contributed by atoms with van der Waals surface area (Å²) in [5, 5.41) is 3.76. The number of thioether (sulfide) groups is 1. The average molecular weight is 429 g/mol. The van der Waals surface area contributed by atoms with E-state index in [1.807, 2.05) is 36.6 Å². The van der Waals surface area contributed by atoms with Gasteiger partial charge in [0.25, 0.3) is 5.56 Å². The smallest absolute Gasteiger partial charge is 0.260 e. The van der Waals surface area contributed by atoms with E-state index in [0.29, 0.717) is 26.8 Å². The van der Waals surface area contributed by atoms with Crippen LogP contribution in [0.1, 0.15) is 18.0 Å². The molecular weight excluding hydrogens is 416 g/mol. The van der Waals surface area contributed by atoms with Crippen LogP contribution in [0, 0.1) is 0 Å². The number of imidazole rings is 1. The first-order valence-corrected chi connectivity index (χ1v) is 10.6. The van der Waals surface area contributed by atoms with Crippen LogP contribution in [0.25, 0.3) is 32.6 Å². The molecule has 1 atom stereocenters. The zero-order chi connectivity index (χ0) is 19.3. The minimum Gasteiger partial charge on any atom is -0.464 e. The largest absolute Gasteiger partial charge is 0.464 e. The first kappa shape index (κ1) is 17.5. The molecule has 0 aliphatic carbocycles. The van der Waals surface area contributed by atoms with Crippen molar-refractivity contribution in [2.24, 2.45) is 0 Å². The highest BCUT2D eigenvalue weighted by molar-refractivity contribution is 7.99. The number of rotatable bonds is 4. The lowest BCUT2D eigenvalue weighted by Crippen LogP contribution is -2.12. The lowest BCUT2D eigenvalue weighted by molar-refractivity contribution is 0.583. The summed E-state index contributed by atoms with van der Waals surface area (Å²) in [6.45, 7) is 1.98. The summed E-state index contributed by atoms with van der Waals surface area (Å²) in [4.78, 5) is 28.8. The molecule has 28 heavy (non-hydrogen) atoms. The summed E-state index contributed by atoms with van der Waals surface area (Å²) in [7, 11) is 0. The number of benzene rings is 1. The van der Waals surface area contributed by atoms with Gasteiger partial charge in [-0.3, -0.25) is 4.79 Å². The highest BCUT2D eigenvalue weighted by atomic mass is 35.5. The van der Waals surface area contributed by atoms with E-state index in [-0.39, 0.29) is 10.8 Å². The minimum absolute atomic E-state index is 0.0951. The van der Waals surface area contributed by atoms with Crippen LogP contribution in [-0.2, 0) is 0 Å². The van der Waals surface area contributed by atoms with Crippen molar-refractivity contribution in [1.29, 1.82) is 0 Å². The van der Waals surface area contributed by atoms with E-state index in [1.165, 1.54) is 23.1 Å². The summed E-state index contributed by atoms with van der Waals surface area (Å²) in [6.07, 6.45) is 1.59. The second-order valence-corrected chi connectivity index (χ2v) is 8.85. The molecule has 4 heterocycles. The van der Waals surface area contributed by atoms with Gasteiger partial charge in [-0.05, 0) is 37.3 Å². The molecule has 9 heteroatoms. The van der Waals surface area contributed by atoms with Crippen LogP contribution in [0.15, 0.2) is 56.3 Å². The second-order valence-electron chi connectivity index (χ2n) is 6.22. The summed E-state index contributed by atoms with van der Waals surface area (Å²) in [5.74, 6) is 1.27. The van der Waals surface area contributed by atoms with E-state index in [4.69, 9.17) is 16.0 Å². The topological polar surface area (TPSA) is 87.6 Å². The van der Waals surface area contributed by atoms with Gasteiger partial charge in [0.15, 0.2) is 5.16 Å². The van der Waals surface area contributed by atoms with E-state index in [0.717, 1.165) is 21.8 Å². The van der Waals surface area contributed by atoms with Gasteiger partial charge >= 0.3 is 0 Å². The Morgan fingerprint density at radius 2 is 2.14 bits per heavy atom. The molecule has 1 unspecified atom stereocenters. The van der Waals surface area contributed by atoms with Gasteiger partial charge in [-0.2, -0.15) is 0 Å². The van der Waals surface area contributed by atoms with Gasteiger partial charge in [0.2, 0.25) is 0 Å². The van der Waals surface area contributed by atoms with Crippen molar-refractivity contribution >= 4 is 55.9 Å². The molecule has 0 amide bonds. The standard InChI is InChI=1S/C19H13ClN4O2S2/c1-9(28-19-21-12-5-4-10(20)7-13(12)22-19)16-23-17(25)15-11(8-27-18(15)24-16)14-3-2-6-26-14/h2-9H,1H3,(H,21,22)(H,23,24,25). The third kappa shape index (κ3) is 3.03. The summed E-state index contributed by atoms with van der Waals surface area (Å²) < 4.78 is 5.44. The molecule has 0 fully saturated rings. The monoisotopic (exact) mass is 428 g/mol. The normalized spacial score (nSPS) is 12.8. The van der Waals surface area contributed by atoms with Crippen molar-refractivity contribution in [3.05, 3.63) is 63.2 Å². The van der Waals surface area contributed by atoms with Crippen LogP contribution in [0.2, 0.25) is 5.02 Å². The number of hydrogen-bond acceptors (Lipinski definition) is 6. The highest BCUT2D eigenvalue weighted by Crippen LogP contribution is 2.35. The van der Waals surface area contributed by atoms with Crippen LogP contribution in [0.4, 0.5) is 0 Å². The Balaban J connectivity index is 1.49. The predicted molar refractivity (Wildman–Crippen MR) is 113 cm³/mol. The molecule has 140 valence electrons. The van der Waals surface area contributed by atoms with Crippen LogP contribution >= 0.6 is 34.7 Å². The Kier molecular flexibility index (Phi) is 4.26. The van der Waals surface area contributed by atoms with E-state index in [9.17, 15) is 4.79 Å². The van der Waals surface area contributed by atoms with Crippen LogP contribution in [-0.4, -0.2) is 19.9 Å². The molecule has 0 saturated heterocycles. The lowest BCUT2D eigenvalue weighted by atomic mass is 10.2. The van der Waals surface area contributed by atoms with E-state index < -0.39 is 0 Å². The van der Waals surface area contributed by atoms with Crippen molar-refractivity contribution in [3.63, 3.8) is 0 Å². The lowest BCUT2D eigenvalue weighted by Gasteiger charge is -2.08. The molecule has 0 spiro atoms.